The summed E-state index contributed by atoms with van der Waals surface area (Å²) in [4.78, 5) is 0. The SMILES string of the molecule is c1cc2ccc1CNCCCNCCCNCCNCCCNCCCNC2. The number of hydrogen-bond donors (Lipinski definition) is 6. The number of fused-ring (bicyclic) bond motifs is 23. The molecule has 3 rings (SSSR count). The van der Waals surface area contributed by atoms with Crippen LogP contribution in [0.15, 0.2) is 24.3 Å². The fourth-order valence-electron chi connectivity index (χ4n) is 3.27. The fourth-order valence-corrected chi connectivity index (χ4v) is 3.27. The van der Waals surface area contributed by atoms with E-state index in [1.54, 1.807) is 0 Å². The Kier molecular flexibility index (Phi) is 14.0. The monoisotopic (exact) mass is 390 g/mol. The molecular formula is C22H42N6. The van der Waals surface area contributed by atoms with Crippen molar-refractivity contribution in [2.75, 3.05) is 65.4 Å². The highest BCUT2D eigenvalue weighted by molar-refractivity contribution is 5.22. The van der Waals surface area contributed by atoms with Crippen molar-refractivity contribution in [2.24, 2.45) is 0 Å². The molecule has 0 saturated heterocycles. The summed E-state index contributed by atoms with van der Waals surface area (Å²) in [6.07, 6.45) is 4.74. The predicted octanol–water partition coefficient (Wildman–Crippen LogP) is 0.798. The van der Waals surface area contributed by atoms with Crippen LogP contribution in [-0.4, -0.2) is 65.4 Å². The van der Waals surface area contributed by atoms with Crippen LogP contribution < -0.4 is 31.9 Å². The molecule has 6 nitrogen and oxygen atoms in total. The largest absolute Gasteiger partial charge is 0.317 e. The van der Waals surface area contributed by atoms with Crippen LogP contribution >= 0.6 is 0 Å². The molecule has 1 aromatic carbocycles. The Morgan fingerprint density at radius 2 is 0.643 bits per heavy atom. The van der Waals surface area contributed by atoms with Crippen molar-refractivity contribution in [1.82, 2.24) is 31.9 Å². The first kappa shape index (κ1) is 23.3. The summed E-state index contributed by atoms with van der Waals surface area (Å²) >= 11 is 0. The molecule has 0 fully saturated rings. The third-order valence-electron chi connectivity index (χ3n) is 4.99. The van der Waals surface area contributed by atoms with E-state index in [-0.39, 0.29) is 0 Å². The Morgan fingerprint density at radius 3 is 1.00 bits per heavy atom. The van der Waals surface area contributed by atoms with E-state index in [1.807, 2.05) is 0 Å². The van der Waals surface area contributed by atoms with Crippen LogP contribution in [0, 0.1) is 0 Å². The first-order chi connectivity index (χ1) is 13.9. The van der Waals surface area contributed by atoms with E-state index in [1.165, 1.54) is 36.8 Å². The summed E-state index contributed by atoms with van der Waals surface area (Å²) in [7, 11) is 0. The molecule has 0 amide bonds. The van der Waals surface area contributed by atoms with E-state index in [0.29, 0.717) is 0 Å². The molecule has 0 saturated carbocycles. The molecule has 0 unspecified atom stereocenters. The highest BCUT2D eigenvalue weighted by Gasteiger charge is 1.97. The lowest BCUT2D eigenvalue weighted by Crippen LogP contribution is -2.31. The lowest BCUT2D eigenvalue weighted by atomic mass is 10.1. The van der Waals surface area contributed by atoms with Gasteiger partial charge in [0.05, 0.1) is 0 Å². The Hall–Kier alpha value is -1.02. The second-order valence-electron chi connectivity index (χ2n) is 7.58. The van der Waals surface area contributed by atoms with Crippen LogP contribution in [0.1, 0.15) is 36.8 Å². The maximum absolute atomic E-state index is 3.54. The van der Waals surface area contributed by atoms with Crippen LogP contribution in [0.25, 0.3) is 0 Å². The normalized spacial score (nSPS) is 21.3. The van der Waals surface area contributed by atoms with Crippen LogP contribution in [-0.2, 0) is 13.1 Å². The van der Waals surface area contributed by atoms with Gasteiger partial charge in [0.1, 0.15) is 0 Å². The summed E-state index contributed by atoms with van der Waals surface area (Å²) < 4.78 is 0. The summed E-state index contributed by atoms with van der Waals surface area (Å²) in [5.41, 5.74) is 2.73. The van der Waals surface area contributed by atoms with Gasteiger partial charge in [-0.1, -0.05) is 24.3 Å². The molecule has 6 heteroatoms. The number of benzene rings is 1. The second-order valence-corrected chi connectivity index (χ2v) is 7.58. The van der Waals surface area contributed by atoms with Gasteiger partial charge in [0, 0.05) is 26.2 Å². The number of nitrogens with one attached hydrogen (secondary N) is 6. The molecule has 2 aliphatic rings. The Labute approximate surface area is 172 Å². The third kappa shape index (κ3) is 12.4. The van der Waals surface area contributed by atoms with Gasteiger partial charge in [0.2, 0.25) is 0 Å². The molecule has 6 N–H and O–H groups in total. The average Bonchev–Trinajstić information content (AvgIpc) is 2.72. The Morgan fingerprint density at radius 1 is 0.357 bits per heavy atom. The minimum absolute atomic E-state index is 0.956. The van der Waals surface area contributed by atoms with Crippen molar-refractivity contribution in [3.63, 3.8) is 0 Å². The number of rotatable bonds is 0. The van der Waals surface area contributed by atoms with Gasteiger partial charge in [-0.3, -0.25) is 0 Å². The zero-order valence-corrected chi connectivity index (χ0v) is 17.6. The predicted molar refractivity (Wildman–Crippen MR) is 120 cm³/mol. The molecule has 2 aliphatic heterocycles. The minimum atomic E-state index is 0.956. The van der Waals surface area contributed by atoms with Gasteiger partial charge in [-0.05, 0) is 89.2 Å². The molecule has 2 bridgehead atoms. The molecule has 28 heavy (non-hydrogen) atoms. The van der Waals surface area contributed by atoms with Gasteiger partial charge in [0.15, 0.2) is 0 Å². The van der Waals surface area contributed by atoms with E-state index in [0.717, 1.165) is 78.5 Å². The van der Waals surface area contributed by atoms with Crippen molar-refractivity contribution in [2.45, 2.75) is 38.8 Å². The molecular weight excluding hydrogens is 348 g/mol. The molecule has 0 spiro atoms. The standard InChI is InChI=1S/C22H42N6/c1-9-23-11-3-15-27-19-21-5-7-22(8-6-21)20-28-16-4-12-24-10-2-14-26-18-17-25-13-1/h5-8,23-28H,1-4,9-20H2. The molecule has 2 heterocycles. The molecule has 0 atom stereocenters. The number of hydrogen-bond acceptors (Lipinski definition) is 6. The highest BCUT2D eigenvalue weighted by Crippen LogP contribution is 2.04. The van der Waals surface area contributed by atoms with Gasteiger partial charge in [-0.25, -0.2) is 0 Å². The van der Waals surface area contributed by atoms with Gasteiger partial charge in [-0.2, -0.15) is 0 Å². The van der Waals surface area contributed by atoms with E-state index in [9.17, 15) is 0 Å². The zero-order chi connectivity index (χ0) is 19.5. The van der Waals surface area contributed by atoms with Crippen molar-refractivity contribution >= 4 is 0 Å². The van der Waals surface area contributed by atoms with Crippen LogP contribution in [0.3, 0.4) is 0 Å². The van der Waals surface area contributed by atoms with Crippen LogP contribution in [0.4, 0.5) is 0 Å². The van der Waals surface area contributed by atoms with E-state index < -0.39 is 0 Å². The third-order valence-corrected chi connectivity index (χ3v) is 4.99. The smallest absolute Gasteiger partial charge is 0.0205 e. The fraction of sp³-hybridized carbons (Fsp3) is 0.727. The van der Waals surface area contributed by atoms with Gasteiger partial charge >= 0.3 is 0 Å². The lowest BCUT2D eigenvalue weighted by Gasteiger charge is -2.10. The summed E-state index contributed by atoms with van der Waals surface area (Å²) in [6.45, 7) is 12.7. The first-order valence-electron chi connectivity index (χ1n) is 11.3. The van der Waals surface area contributed by atoms with Crippen molar-refractivity contribution in [3.05, 3.63) is 35.4 Å². The quantitative estimate of drug-likeness (QED) is 0.394. The summed E-state index contributed by atoms with van der Waals surface area (Å²) in [5.74, 6) is 0. The van der Waals surface area contributed by atoms with Gasteiger partial charge < -0.3 is 31.9 Å². The first-order valence-corrected chi connectivity index (χ1v) is 11.3. The zero-order valence-electron chi connectivity index (χ0n) is 17.6. The van der Waals surface area contributed by atoms with E-state index in [4.69, 9.17) is 0 Å². The van der Waals surface area contributed by atoms with Gasteiger partial charge in [-0.15, -0.1) is 0 Å². The maximum Gasteiger partial charge on any atom is 0.0205 e. The van der Waals surface area contributed by atoms with Crippen LogP contribution in [0.2, 0.25) is 0 Å². The van der Waals surface area contributed by atoms with E-state index in [2.05, 4.69) is 56.2 Å². The minimum Gasteiger partial charge on any atom is -0.317 e. The average molecular weight is 391 g/mol. The lowest BCUT2D eigenvalue weighted by molar-refractivity contribution is 0.541. The molecule has 0 radical (unpaired) electrons. The van der Waals surface area contributed by atoms with Crippen LogP contribution in [0.5, 0.6) is 0 Å². The van der Waals surface area contributed by atoms with Crippen molar-refractivity contribution in [3.8, 4) is 0 Å². The highest BCUT2D eigenvalue weighted by atomic mass is 15.0. The molecule has 0 aliphatic carbocycles. The van der Waals surface area contributed by atoms with E-state index >= 15 is 0 Å². The maximum atomic E-state index is 3.54. The van der Waals surface area contributed by atoms with Gasteiger partial charge in [0.25, 0.3) is 0 Å². The molecule has 160 valence electrons. The molecule has 0 aromatic heterocycles. The van der Waals surface area contributed by atoms with Crippen molar-refractivity contribution in [1.29, 1.82) is 0 Å². The summed E-state index contributed by atoms with van der Waals surface area (Å²) in [6, 6.07) is 8.98. The summed E-state index contributed by atoms with van der Waals surface area (Å²) in [5, 5.41) is 21.2. The Bertz CT molecular complexity index is 422. The van der Waals surface area contributed by atoms with Crippen molar-refractivity contribution < 1.29 is 0 Å². The topological polar surface area (TPSA) is 72.2 Å². The Balaban J connectivity index is 1.63. The molecule has 1 aromatic rings. The second kappa shape index (κ2) is 16.9.